The lowest BCUT2D eigenvalue weighted by atomic mass is 9.94. The van der Waals surface area contributed by atoms with Crippen LogP contribution < -0.4 is 10.6 Å². The van der Waals surface area contributed by atoms with E-state index in [1.54, 1.807) is 0 Å². The van der Waals surface area contributed by atoms with Crippen molar-refractivity contribution in [3.63, 3.8) is 0 Å². The summed E-state index contributed by atoms with van der Waals surface area (Å²) in [6.07, 6.45) is -49.9. The fourth-order valence-corrected chi connectivity index (χ4v) is 9.09. The molecule has 0 aliphatic carbocycles. The number of carbonyl (C=O) groups excluding carboxylic acids is 2. The molecule has 6 aliphatic heterocycles. The minimum Gasteiger partial charge on any atom is -0.394 e. The number of amides is 2. The summed E-state index contributed by atoms with van der Waals surface area (Å²) in [5, 5.41) is 185. The SMILES string of the molecule is CC(=O)N[C@@H]1[C@@H](O)[C@H](O[C@@H]2O[C@H](CO)[C@@H](O[C@@H]3O[C@H](CO[C@H]4O[C@H](CO)[C@@H](O)[C@H](O)[C@@H]4O)[C@@H](O)[C@H](O)[C@@H]3O)[C@H](O)[C@H]2NC(C)=O)[C@@H](CO[C@@H]2O[C@@H](C)[C@@H](O[C@@H]3O[C@H](CO)[C@H](O)[C@H](O)[C@H]3O)[C@@H](O)[C@@H]2O)O[C@H]1O. The minimum atomic E-state index is -2.09. The molecular weight excluding hydrogens is 988 g/mol. The monoisotopic (exact) mass is 1060 g/mol. The Hall–Kier alpha value is -2.18. The van der Waals surface area contributed by atoms with E-state index < -0.39 is 229 Å². The third-order valence-electron chi connectivity index (χ3n) is 13.2. The maximum Gasteiger partial charge on any atom is 0.217 e. The molecule has 2 amide bonds. The molecule has 6 saturated heterocycles. The van der Waals surface area contributed by atoms with E-state index in [9.17, 15) is 96.4 Å². The van der Waals surface area contributed by atoms with E-state index in [4.69, 9.17) is 52.1 Å². The normalized spacial score (nSPS) is 50.3. The van der Waals surface area contributed by atoms with Gasteiger partial charge in [-0.05, 0) is 6.92 Å². The van der Waals surface area contributed by atoms with E-state index in [0.717, 1.165) is 13.8 Å². The van der Waals surface area contributed by atoms with E-state index in [0.29, 0.717) is 0 Å². The van der Waals surface area contributed by atoms with Crippen LogP contribution in [0.3, 0.4) is 0 Å². The smallest absolute Gasteiger partial charge is 0.217 e. The first-order valence-corrected chi connectivity index (χ1v) is 23.0. The van der Waals surface area contributed by atoms with Crippen LogP contribution in [-0.2, 0) is 61.7 Å². The Morgan fingerprint density at radius 1 is 0.389 bits per heavy atom. The van der Waals surface area contributed by atoms with Crippen molar-refractivity contribution in [2.75, 3.05) is 33.0 Å². The molecular formula is C40H68N2O30. The molecule has 418 valence electrons. The summed E-state index contributed by atoms with van der Waals surface area (Å²) in [6, 6.07) is -3.37. The predicted molar refractivity (Wildman–Crippen MR) is 221 cm³/mol. The molecule has 32 heteroatoms. The van der Waals surface area contributed by atoms with Crippen LogP contribution in [0, 0.1) is 0 Å². The molecule has 0 bridgehead atoms. The van der Waals surface area contributed by atoms with Crippen molar-refractivity contribution in [1.82, 2.24) is 10.6 Å². The number of aliphatic hydroxyl groups excluding tert-OH is 17. The Kier molecular flexibility index (Phi) is 20.8. The number of carbonyl (C=O) groups is 2. The molecule has 0 aromatic heterocycles. The molecule has 0 aromatic carbocycles. The van der Waals surface area contributed by atoms with Gasteiger partial charge < -0.3 is 150 Å². The number of aliphatic hydroxyl groups is 17. The fourth-order valence-electron chi connectivity index (χ4n) is 9.09. The van der Waals surface area contributed by atoms with Crippen LogP contribution in [0.2, 0.25) is 0 Å². The van der Waals surface area contributed by atoms with E-state index in [-0.39, 0.29) is 0 Å². The van der Waals surface area contributed by atoms with Gasteiger partial charge in [-0.3, -0.25) is 9.59 Å². The summed E-state index contributed by atoms with van der Waals surface area (Å²) in [5.74, 6) is -1.59. The quantitative estimate of drug-likeness (QED) is 0.0643. The molecule has 0 spiro atoms. The number of ether oxygens (including phenoxy) is 11. The van der Waals surface area contributed by atoms with Crippen molar-refractivity contribution >= 4 is 11.8 Å². The van der Waals surface area contributed by atoms with Crippen LogP contribution >= 0.6 is 0 Å². The third-order valence-corrected chi connectivity index (χ3v) is 13.2. The molecule has 0 radical (unpaired) electrons. The number of hydrogen-bond acceptors (Lipinski definition) is 30. The second kappa shape index (κ2) is 25.3. The molecule has 32 nitrogen and oxygen atoms in total. The lowest BCUT2D eigenvalue weighted by molar-refractivity contribution is -0.370. The van der Waals surface area contributed by atoms with Gasteiger partial charge in [0.25, 0.3) is 0 Å². The summed E-state index contributed by atoms with van der Waals surface area (Å²) < 4.78 is 62.5. The molecule has 72 heavy (non-hydrogen) atoms. The summed E-state index contributed by atoms with van der Waals surface area (Å²) in [6.45, 7) is -0.731. The number of rotatable bonds is 17. The Morgan fingerprint density at radius 2 is 0.764 bits per heavy atom. The highest BCUT2D eigenvalue weighted by Gasteiger charge is 2.56. The maximum absolute atomic E-state index is 12.6. The predicted octanol–water partition coefficient (Wildman–Crippen LogP) is -12.8. The average Bonchev–Trinajstić information content (AvgIpc) is 3.34. The molecule has 6 heterocycles. The fraction of sp³-hybridized carbons (Fsp3) is 0.950. The third kappa shape index (κ3) is 12.8. The van der Waals surface area contributed by atoms with Crippen LogP contribution in [0.5, 0.6) is 0 Å². The van der Waals surface area contributed by atoms with Crippen molar-refractivity contribution in [3.05, 3.63) is 0 Å². The second-order valence-electron chi connectivity index (χ2n) is 18.3. The van der Waals surface area contributed by atoms with Gasteiger partial charge in [0.1, 0.15) is 140 Å². The standard InChI is InChI=1S/C40H68N2O30/c1-9-32(70-39-29(58)25(54)20(49)13(5-44)67-39)27(56)31(60)37(64-9)63-8-16-34(22(51)17(35(61)65-16)41-10(2)46)71-36-18(42-11(3)47)23(52)33(14(6-45)68-36)72-40-30(59)26(55)21(50)15(69-40)7-62-38-28(57)24(53)19(48)12(4-43)66-38/h9,12-40,43-45,48-61H,4-8H2,1-3H3,(H,41,46)(H,42,47)/t9-,12+,13+,14+,15+,16+,17+,18+,19+,20-,21+,22+,23+,24-,25-,26-,27-,28-,29+,30-,31-,32+,33+,34+,35+,36-,37+,38-,39-,40-/m0/s1. The van der Waals surface area contributed by atoms with Gasteiger partial charge in [-0.1, -0.05) is 0 Å². The first-order valence-electron chi connectivity index (χ1n) is 23.0. The summed E-state index contributed by atoms with van der Waals surface area (Å²) in [7, 11) is 0. The molecule has 19 N–H and O–H groups in total. The highest BCUT2D eigenvalue weighted by Crippen LogP contribution is 2.35. The molecule has 6 aliphatic rings. The number of nitrogens with one attached hydrogen (secondary N) is 2. The summed E-state index contributed by atoms with van der Waals surface area (Å²) >= 11 is 0. The van der Waals surface area contributed by atoms with Crippen molar-refractivity contribution in [3.8, 4) is 0 Å². The van der Waals surface area contributed by atoms with Crippen molar-refractivity contribution in [2.45, 2.75) is 205 Å². The first-order chi connectivity index (χ1) is 33.9. The summed E-state index contributed by atoms with van der Waals surface area (Å²) in [5.41, 5.74) is 0. The Labute approximate surface area is 408 Å². The molecule has 6 fully saturated rings. The zero-order valence-corrected chi connectivity index (χ0v) is 38.8. The lowest BCUT2D eigenvalue weighted by Gasteiger charge is -2.49. The largest absolute Gasteiger partial charge is 0.394 e. The van der Waals surface area contributed by atoms with Gasteiger partial charge in [0.2, 0.25) is 11.8 Å². The van der Waals surface area contributed by atoms with Gasteiger partial charge in [0, 0.05) is 13.8 Å². The first kappa shape index (κ1) is 59.1. The lowest BCUT2D eigenvalue weighted by Crippen LogP contribution is -2.70. The molecule has 6 rings (SSSR count). The zero-order chi connectivity index (χ0) is 53.2. The van der Waals surface area contributed by atoms with Crippen molar-refractivity contribution < 1.29 is 149 Å². The topological polar surface area (TPSA) is 504 Å². The minimum absolute atomic E-state index is 0.759. The van der Waals surface area contributed by atoms with Crippen LogP contribution in [0.1, 0.15) is 20.8 Å². The van der Waals surface area contributed by atoms with E-state index >= 15 is 0 Å². The maximum atomic E-state index is 12.6. The highest BCUT2D eigenvalue weighted by atomic mass is 16.8. The van der Waals surface area contributed by atoms with Crippen LogP contribution in [0.25, 0.3) is 0 Å². The zero-order valence-electron chi connectivity index (χ0n) is 38.8. The Balaban J connectivity index is 1.16. The van der Waals surface area contributed by atoms with E-state index in [1.807, 2.05) is 0 Å². The molecule has 30 atom stereocenters. The van der Waals surface area contributed by atoms with Crippen molar-refractivity contribution in [2.24, 2.45) is 0 Å². The van der Waals surface area contributed by atoms with E-state index in [2.05, 4.69) is 10.6 Å². The van der Waals surface area contributed by atoms with E-state index in [1.165, 1.54) is 6.92 Å². The molecule has 0 aromatic rings. The van der Waals surface area contributed by atoms with Gasteiger partial charge in [-0.25, -0.2) is 0 Å². The number of hydrogen-bond donors (Lipinski definition) is 19. The van der Waals surface area contributed by atoms with Gasteiger partial charge in [0.15, 0.2) is 37.7 Å². The van der Waals surface area contributed by atoms with Crippen LogP contribution in [-0.4, -0.2) is 316 Å². The van der Waals surface area contributed by atoms with Gasteiger partial charge >= 0.3 is 0 Å². The summed E-state index contributed by atoms with van der Waals surface area (Å²) in [4.78, 5) is 24.8. The second-order valence-corrected chi connectivity index (χ2v) is 18.3. The van der Waals surface area contributed by atoms with Crippen molar-refractivity contribution in [1.29, 1.82) is 0 Å². The average molecular weight is 1060 g/mol. The van der Waals surface area contributed by atoms with Gasteiger partial charge in [0.05, 0.1) is 39.1 Å². The molecule has 0 saturated carbocycles. The molecule has 0 unspecified atom stereocenters. The Bertz CT molecular complexity index is 1730. The van der Waals surface area contributed by atoms with Crippen LogP contribution in [0.15, 0.2) is 0 Å². The highest BCUT2D eigenvalue weighted by molar-refractivity contribution is 5.73. The van der Waals surface area contributed by atoms with Gasteiger partial charge in [-0.15, -0.1) is 0 Å². The Morgan fingerprint density at radius 3 is 1.29 bits per heavy atom. The van der Waals surface area contributed by atoms with Crippen LogP contribution in [0.4, 0.5) is 0 Å². The van der Waals surface area contributed by atoms with Gasteiger partial charge in [-0.2, -0.15) is 0 Å².